The molecule has 0 bridgehead atoms. The molecule has 1 aromatic carbocycles. The van der Waals surface area contributed by atoms with Gasteiger partial charge in [0.05, 0.1) is 10.8 Å². The van der Waals surface area contributed by atoms with Crippen molar-refractivity contribution < 1.29 is 27.9 Å². The number of ether oxygens (including phenoxy) is 1. The van der Waals surface area contributed by atoms with E-state index in [1.165, 1.54) is 10.0 Å². The van der Waals surface area contributed by atoms with Gasteiger partial charge in [-0.2, -0.15) is 0 Å². The summed E-state index contributed by atoms with van der Waals surface area (Å²) < 4.78 is 31.9. The van der Waals surface area contributed by atoms with Gasteiger partial charge in [-0.1, -0.05) is 0 Å². The summed E-state index contributed by atoms with van der Waals surface area (Å²) in [5.74, 6) is -2.81. The van der Waals surface area contributed by atoms with Crippen molar-refractivity contribution in [2.75, 3.05) is 20.1 Å². The fourth-order valence-corrected chi connectivity index (χ4v) is 4.65. The van der Waals surface area contributed by atoms with Gasteiger partial charge in [0.25, 0.3) is 0 Å². The zero-order chi connectivity index (χ0) is 20.6. The molecule has 1 aromatic heterocycles. The Morgan fingerprint density at radius 1 is 1.21 bits per heavy atom. The summed E-state index contributed by atoms with van der Waals surface area (Å²) in [6.07, 6.45) is 3.44. The first-order chi connectivity index (χ1) is 13.1. The monoisotopic (exact) mass is 408 g/mol. The molecule has 1 N–H and O–H groups in total. The van der Waals surface area contributed by atoms with Gasteiger partial charge in [0, 0.05) is 11.6 Å². The van der Waals surface area contributed by atoms with Gasteiger partial charge in [-0.05, 0) is 76.5 Å². The van der Waals surface area contributed by atoms with Crippen LogP contribution in [0.3, 0.4) is 0 Å². The van der Waals surface area contributed by atoms with Crippen LogP contribution in [0, 0.1) is 0 Å². The van der Waals surface area contributed by atoms with Gasteiger partial charge >= 0.3 is 11.9 Å². The molecule has 1 aliphatic heterocycles. The molecule has 0 aliphatic carbocycles. The van der Waals surface area contributed by atoms with Crippen molar-refractivity contribution in [3.8, 4) is 5.75 Å². The Morgan fingerprint density at radius 2 is 1.86 bits per heavy atom. The van der Waals surface area contributed by atoms with Gasteiger partial charge in [0.15, 0.2) is 0 Å². The number of nitrogens with zero attached hydrogens (tertiary/aromatic N) is 2. The normalized spacial score (nSPS) is 16.6. The first-order valence-corrected chi connectivity index (χ1v) is 10.6. The lowest BCUT2D eigenvalue weighted by atomic mass is 9.89. The highest BCUT2D eigenvalue weighted by Crippen LogP contribution is 2.37. The highest BCUT2D eigenvalue weighted by Gasteiger charge is 2.27. The van der Waals surface area contributed by atoms with Gasteiger partial charge in [-0.15, -0.1) is 0 Å². The van der Waals surface area contributed by atoms with Crippen molar-refractivity contribution in [2.24, 2.45) is 0 Å². The lowest BCUT2D eigenvalue weighted by Gasteiger charge is -2.28. The molecule has 3 rings (SSSR count). The third-order valence-electron chi connectivity index (χ3n) is 5.19. The number of fused-ring (bicyclic) bond motifs is 1. The molecule has 1 saturated heterocycles. The first-order valence-electron chi connectivity index (χ1n) is 9.14. The minimum atomic E-state index is -3.58. The molecule has 2 heterocycles. The molecule has 0 atom stereocenters. The Hall–Kier alpha value is -2.39. The van der Waals surface area contributed by atoms with Crippen LogP contribution >= 0.6 is 0 Å². The predicted molar refractivity (Wildman–Crippen MR) is 104 cm³/mol. The predicted octanol–water partition coefficient (Wildman–Crippen LogP) is 2.03. The number of hydrogen-bond acceptors (Lipinski definition) is 6. The van der Waals surface area contributed by atoms with Crippen LogP contribution in [-0.2, 0) is 19.6 Å². The number of rotatable bonds is 4. The van der Waals surface area contributed by atoms with Gasteiger partial charge < -0.3 is 14.7 Å². The van der Waals surface area contributed by atoms with Crippen molar-refractivity contribution >= 4 is 32.9 Å². The maximum absolute atomic E-state index is 12.8. The number of hydrogen-bond donors (Lipinski definition) is 1. The molecule has 0 saturated carbocycles. The summed E-state index contributed by atoms with van der Waals surface area (Å²) in [4.78, 5) is 24.4. The van der Waals surface area contributed by atoms with Crippen molar-refractivity contribution in [1.29, 1.82) is 0 Å². The molecular formula is C19H24N2O6S. The number of esters is 1. The van der Waals surface area contributed by atoms with E-state index in [1.54, 1.807) is 32.2 Å². The molecule has 0 spiro atoms. The molecular weight excluding hydrogens is 384 g/mol. The second-order valence-electron chi connectivity index (χ2n) is 7.43. The van der Waals surface area contributed by atoms with Crippen LogP contribution in [0.25, 0.3) is 10.9 Å². The second kappa shape index (κ2) is 7.56. The van der Waals surface area contributed by atoms with Crippen molar-refractivity contribution in [1.82, 2.24) is 8.87 Å². The topological polar surface area (TPSA) is 106 Å². The Kier molecular flexibility index (Phi) is 5.49. The summed E-state index contributed by atoms with van der Waals surface area (Å²) in [5, 5.41) is 8.81. The molecule has 1 fully saturated rings. The number of piperidine rings is 1. The van der Waals surface area contributed by atoms with E-state index in [4.69, 9.17) is 9.84 Å². The van der Waals surface area contributed by atoms with Crippen LogP contribution in [0.4, 0.5) is 0 Å². The fraction of sp³-hybridized carbons (Fsp3) is 0.474. The lowest BCUT2D eigenvalue weighted by molar-refractivity contribution is -0.158. The zero-order valence-corrected chi connectivity index (χ0v) is 16.9. The third-order valence-corrected chi connectivity index (χ3v) is 7.23. The van der Waals surface area contributed by atoms with Crippen LogP contribution in [0.15, 0.2) is 24.4 Å². The zero-order valence-electron chi connectivity index (χ0n) is 16.1. The highest BCUT2D eigenvalue weighted by atomic mass is 32.2. The number of benzene rings is 1. The van der Waals surface area contributed by atoms with Gasteiger partial charge in [-0.3, -0.25) is 0 Å². The Bertz CT molecular complexity index is 1020. The SMILES string of the molecule is CC(C)S(=O)(=O)n1cc(C2CCN(C)CC2)c2cc(OC(=O)C(=O)O)ccc21. The van der Waals surface area contributed by atoms with Crippen LogP contribution < -0.4 is 4.74 Å². The largest absolute Gasteiger partial charge is 0.473 e. The maximum Gasteiger partial charge on any atom is 0.422 e. The molecule has 9 heteroatoms. The van der Waals surface area contributed by atoms with E-state index in [0.29, 0.717) is 10.9 Å². The van der Waals surface area contributed by atoms with E-state index < -0.39 is 27.2 Å². The Balaban J connectivity index is 2.13. The smallest absolute Gasteiger partial charge is 0.422 e. The summed E-state index contributed by atoms with van der Waals surface area (Å²) in [6.45, 7) is 5.06. The average Bonchev–Trinajstić information content (AvgIpc) is 3.01. The molecule has 1 aliphatic rings. The van der Waals surface area contributed by atoms with E-state index in [9.17, 15) is 18.0 Å². The molecule has 0 amide bonds. The molecule has 2 aromatic rings. The van der Waals surface area contributed by atoms with E-state index in [1.807, 2.05) is 7.05 Å². The first kappa shape index (κ1) is 20.3. The van der Waals surface area contributed by atoms with Crippen LogP contribution in [0.5, 0.6) is 5.75 Å². The quantitative estimate of drug-likeness (QED) is 0.469. The third kappa shape index (κ3) is 3.77. The summed E-state index contributed by atoms with van der Waals surface area (Å²) in [5.41, 5.74) is 1.37. The molecule has 8 nitrogen and oxygen atoms in total. The van der Waals surface area contributed by atoms with Crippen LogP contribution in [0.1, 0.15) is 38.2 Å². The van der Waals surface area contributed by atoms with Crippen LogP contribution in [0.2, 0.25) is 0 Å². The van der Waals surface area contributed by atoms with Crippen molar-refractivity contribution in [3.63, 3.8) is 0 Å². The van der Waals surface area contributed by atoms with E-state index in [0.717, 1.165) is 31.5 Å². The van der Waals surface area contributed by atoms with Crippen LogP contribution in [-0.4, -0.2) is 59.7 Å². The van der Waals surface area contributed by atoms with E-state index in [2.05, 4.69) is 4.90 Å². The molecule has 28 heavy (non-hydrogen) atoms. The number of carbonyl (C=O) groups is 2. The van der Waals surface area contributed by atoms with Gasteiger partial charge in [-0.25, -0.2) is 22.0 Å². The fourth-order valence-electron chi connectivity index (χ4n) is 3.50. The molecule has 152 valence electrons. The number of likely N-dealkylation sites (tertiary alicyclic amines) is 1. The number of aliphatic carboxylic acids is 1. The minimum Gasteiger partial charge on any atom is -0.473 e. The van der Waals surface area contributed by atoms with Gasteiger partial charge in [0.2, 0.25) is 10.0 Å². The second-order valence-corrected chi connectivity index (χ2v) is 9.79. The Labute approximate surface area is 163 Å². The maximum atomic E-state index is 12.8. The average molecular weight is 408 g/mol. The van der Waals surface area contributed by atoms with E-state index in [-0.39, 0.29) is 11.7 Å². The Morgan fingerprint density at radius 3 is 2.43 bits per heavy atom. The highest BCUT2D eigenvalue weighted by molar-refractivity contribution is 7.90. The summed E-state index contributed by atoms with van der Waals surface area (Å²) in [6, 6.07) is 4.52. The van der Waals surface area contributed by atoms with E-state index >= 15 is 0 Å². The van der Waals surface area contributed by atoms with Crippen molar-refractivity contribution in [3.05, 3.63) is 30.0 Å². The summed E-state index contributed by atoms with van der Waals surface area (Å²) >= 11 is 0. The number of aromatic nitrogens is 1. The molecule has 0 radical (unpaired) electrons. The minimum absolute atomic E-state index is 0.0776. The number of carbonyl (C=O) groups excluding carboxylic acids is 1. The standard InChI is InChI=1S/C19H24N2O6S/c1-12(2)28(25,26)21-11-16(13-6-8-20(3)9-7-13)15-10-14(4-5-17(15)21)27-19(24)18(22)23/h4-5,10-13H,6-9H2,1-3H3,(H,22,23). The number of carboxylic acids is 1. The van der Waals surface area contributed by atoms with Crippen molar-refractivity contribution in [2.45, 2.75) is 37.9 Å². The summed E-state index contributed by atoms with van der Waals surface area (Å²) in [7, 11) is -1.53. The number of carboxylic acid groups (broad SMARTS) is 1. The van der Waals surface area contributed by atoms with Gasteiger partial charge in [0.1, 0.15) is 5.75 Å². The molecule has 0 unspecified atom stereocenters. The lowest BCUT2D eigenvalue weighted by Crippen LogP contribution is -2.29.